The molecule has 7 nitrogen and oxygen atoms in total. The van der Waals surface area contributed by atoms with E-state index in [0.29, 0.717) is 12.8 Å². The Morgan fingerprint density at radius 2 is 1.85 bits per heavy atom. The molecule has 4 N–H and O–H groups in total. The maximum atomic E-state index is 12.0. The highest BCUT2D eigenvalue weighted by atomic mass is 32.2. The summed E-state index contributed by atoms with van der Waals surface area (Å²) in [4.78, 5) is 11.3. The van der Waals surface area contributed by atoms with E-state index < -0.39 is 21.8 Å². The molecule has 0 aromatic rings. The van der Waals surface area contributed by atoms with Gasteiger partial charge in [0.1, 0.15) is 0 Å². The van der Waals surface area contributed by atoms with Gasteiger partial charge >= 0.3 is 16.3 Å². The van der Waals surface area contributed by atoms with Crippen molar-refractivity contribution in [3.05, 3.63) is 0 Å². The van der Waals surface area contributed by atoms with Crippen molar-refractivity contribution in [2.75, 3.05) is 6.61 Å². The summed E-state index contributed by atoms with van der Waals surface area (Å²) >= 11 is 5.03. The van der Waals surface area contributed by atoms with E-state index in [1.807, 2.05) is 0 Å². The van der Waals surface area contributed by atoms with Crippen molar-refractivity contribution in [2.45, 2.75) is 51.0 Å². The fourth-order valence-electron chi connectivity index (χ4n) is 2.28. The molecule has 0 atom stereocenters. The Bertz CT molecular complexity index is 456. The predicted octanol–water partition coefficient (Wildman–Crippen LogP) is 0.946. The number of carbonyl (C=O) groups excluding carboxylic acids is 1. The lowest BCUT2D eigenvalue weighted by molar-refractivity contribution is 0.158. The molecular weight excluding hydrogens is 302 g/mol. The van der Waals surface area contributed by atoms with E-state index in [4.69, 9.17) is 18.0 Å². The van der Waals surface area contributed by atoms with Crippen LogP contribution in [-0.4, -0.2) is 31.6 Å². The predicted molar refractivity (Wildman–Crippen MR) is 79.4 cm³/mol. The Labute approximate surface area is 124 Å². The summed E-state index contributed by atoms with van der Waals surface area (Å²) < 4.78 is 32.7. The molecule has 1 rings (SSSR count). The third-order valence-electron chi connectivity index (χ3n) is 3.25. The maximum absolute atomic E-state index is 12.0. The molecule has 0 radical (unpaired) electrons. The van der Waals surface area contributed by atoms with Crippen LogP contribution in [0.1, 0.15) is 45.4 Å². The molecule has 20 heavy (non-hydrogen) atoms. The maximum Gasteiger partial charge on any atom is 0.421 e. The third-order valence-corrected chi connectivity index (χ3v) is 4.74. The Morgan fingerprint density at radius 1 is 1.30 bits per heavy atom. The number of nitrogens with one attached hydrogen (secondary N) is 2. The van der Waals surface area contributed by atoms with Crippen molar-refractivity contribution >= 4 is 33.5 Å². The number of amides is 1. The van der Waals surface area contributed by atoms with Crippen molar-refractivity contribution in [1.82, 2.24) is 9.44 Å². The lowest BCUT2D eigenvalue weighted by Gasteiger charge is -2.32. The molecule has 0 unspecified atom stereocenters. The molecule has 0 aromatic heterocycles. The molecule has 116 valence electrons. The molecule has 0 aliphatic heterocycles. The molecule has 1 saturated carbocycles. The van der Waals surface area contributed by atoms with Gasteiger partial charge in [-0.05, 0) is 19.8 Å². The Balaban J connectivity index is 2.83. The first-order valence-electron chi connectivity index (χ1n) is 6.60. The molecule has 1 amide bonds. The highest BCUT2D eigenvalue weighted by molar-refractivity contribution is 7.88. The average Bonchev–Trinajstić information content (AvgIpc) is 2.54. The van der Waals surface area contributed by atoms with E-state index in [0.717, 1.165) is 25.7 Å². The van der Waals surface area contributed by atoms with Gasteiger partial charge in [0.25, 0.3) is 0 Å². The van der Waals surface area contributed by atoms with Crippen molar-refractivity contribution in [2.24, 2.45) is 5.73 Å². The number of thiocarbonyl (C=S) groups is 1. The van der Waals surface area contributed by atoms with Gasteiger partial charge < -0.3 is 10.5 Å². The fraction of sp³-hybridized carbons (Fsp3) is 0.818. The van der Waals surface area contributed by atoms with Crippen LogP contribution in [0.4, 0.5) is 4.79 Å². The van der Waals surface area contributed by atoms with Crippen LogP contribution in [0, 0.1) is 0 Å². The lowest BCUT2D eigenvalue weighted by Crippen LogP contribution is -2.59. The van der Waals surface area contributed by atoms with Crippen LogP contribution in [0.3, 0.4) is 0 Å². The fourth-order valence-corrected chi connectivity index (χ4v) is 3.76. The number of hydrogen-bond donors (Lipinski definition) is 3. The second-order valence-corrected chi connectivity index (χ2v) is 6.64. The normalized spacial score (nSPS) is 18.9. The number of nitrogens with two attached hydrogens (primary N) is 1. The summed E-state index contributed by atoms with van der Waals surface area (Å²) in [7, 11) is -4.06. The second kappa shape index (κ2) is 7.19. The number of hydrogen-bond acceptors (Lipinski definition) is 5. The van der Waals surface area contributed by atoms with Gasteiger partial charge in [-0.15, -0.1) is 0 Å². The van der Waals surface area contributed by atoms with Crippen LogP contribution < -0.4 is 15.2 Å². The Hall–Kier alpha value is -0.930. The van der Waals surface area contributed by atoms with Crippen LogP contribution in [0.25, 0.3) is 0 Å². The standard InChI is InChI=1S/C11H21N3O4S2/c1-2-18-10(15)13-20(16,17)14-11(9(12)19)7-5-3-4-6-8-11/h14H,2-8H2,1H3,(H2,12,19)(H,13,15). The van der Waals surface area contributed by atoms with E-state index in [2.05, 4.69) is 9.46 Å². The molecule has 0 saturated heterocycles. The van der Waals surface area contributed by atoms with E-state index in [1.165, 1.54) is 0 Å². The van der Waals surface area contributed by atoms with Gasteiger partial charge in [-0.1, -0.05) is 37.9 Å². The number of carbonyl (C=O) groups is 1. The smallest absolute Gasteiger partial charge is 0.421 e. The third kappa shape index (κ3) is 4.88. The van der Waals surface area contributed by atoms with Crippen LogP contribution in [-0.2, 0) is 14.9 Å². The summed E-state index contributed by atoms with van der Waals surface area (Å²) in [6.07, 6.45) is 3.73. The van der Waals surface area contributed by atoms with Gasteiger partial charge in [-0.25, -0.2) is 9.52 Å². The van der Waals surface area contributed by atoms with Crippen molar-refractivity contribution in [1.29, 1.82) is 0 Å². The molecule has 1 fully saturated rings. The number of ether oxygens (including phenoxy) is 1. The zero-order valence-corrected chi connectivity index (χ0v) is 13.1. The first-order chi connectivity index (χ1) is 9.31. The summed E-state index contributed by atoms with van der Waals surface area (Å²) in [5, 5.41) is 0. The lowest BCUT2D eigenvalue weighted by atomic mass is 9.91. The van der Waals surface area contributed by atoms with Gasteiger partial charge in [0.05, 0.1) is 17.1 Å². The molecule has 1 aliphatic carbocycles. The summed E-state index contributed by atoms with van der Waals surface area (Å²) in [6.45, 7) is 1.67. The summed E-state index contributed by atoms with van der Waals surface area (Å²) in [5.41, 5.74) is 4.76. The van der Waals surface area contributed by atoms with Crippen LogP contribution >= 0.6 is 12.2 Å². The zero-order chi connectivity index (χ0) is 15.2. The first kappa shape index (κ1) is 17.1. The minimum Gasteiger partial charge on any atom is -0.449 e. The van der Waals surface area contributed by atoms with Gasteiger partial charge in [0.15, 0.2) is 0 Å². The zero-order valence-electron chi connectivity index (χ0n) is 11.5. The van der Waals surface area contributed by atoms with E-state index >= 15 is 0 Å². The molecule has 0 spiro atoms. The monoisotopic (exact) mass is 323 g/mol. The summed E-state index contributed by atoms with van der Waals surface area (Å²) in [6, 6.07) is 0. The average molecular weight is 323 g/mol. The molecule has 1 aliphatic rings. The van der Waals surface area contributed by atoms with Gasteiger partial charge in [0.2, 0.25) is 0 Å². The summed E-state index contributed by atoms with van der Waals surface area (Å²) in [5.74, 6) is 0. The SMILES string of the molecule is CCOC(=O)NS(=O)(=O)NC1(C(N)=S)CCCCCC1. The molecular formula is C11H21N3O4S2. The van der Waals surface area contributed by atoms with Gasteiger partial charge in [-0.2, -0.15) is 13.1 Å². The largest absolute Gasteiger partial charge is 0.449 e. The topological polar surface area (TPSA) is 111 Å². The van der Waals surface area contributed by atoms with Crippen molar-refractivity contribution in [3.8, 4) is 0 Å². The Kier molecular flexibility index (Phi) is 6.15. The van der Waals surface area contributed by atoms with Crippen LogP contribution in [0.2, 0.25) is 0 Å². The molecule has 0 heterocycles. The first-order valence-corrected chi connectivity index (χ1v) is 8.49. The highest BCUT2D eigenvalue weighted by Gasteiger charge is 2.38. The van der Waals surface area contributed by atoms with E-state index in [9.17, 15) is 13.2 Å². The highest BCUT2D eigenvalue weighted by Crippen LogP contribution is 2.28. The van der Waals surface area contributed by atoms with E-state index in [1.54, 1.807) is 11.6 Å². The van der Waals surface area contributed by atoms with Crippen LogP contribution in [0.5, 0.6) is 0 Å². The van der Waals surface area contributed by atoms with Gasteiger partial charge in [-0.3, -0.25) is 0 Å². The van der Waals surface area contributed by atoms with Crippen molar-refractivity contribution in [3.63, 3.8) is 0 Å². The number of rotatable bonds is 5. The molecule has 0 bridgehead atoms. The Morgan fingerprint density at radius 3 is 2.30 bits per heavy atom. The van der Waals surface area contributed by atoms with Crippen LogP contribution in [0.15, 0.2) is 0 Å². The second-order valence-electron chi connectivity index (χ2n) is 4.79. The van der Waals surface area contributed by atoms with E-state index in [-0.39, 0.29) is 11.6 Å². The molecule has 9 heteroatoms. The van der Waals surface area contributed by atoms with Crippen molar-refractivity contribution < 1.29 is 17.9 Å². The quantitative estimate of drug-likeness (QED) is 0.513. The minimum absolute atomic E-state index is 0.0851. The molecule has 0 aromatic carbocycles. The minimum atomic E-state index is -4.06. The van der Waals surface area contributed by atoms with Gasteiger partial charge in [0, 0.05) is 0 Å².